The van der Waals surface area contributed by atoms with Crippen LogP contribution in [0.5, 0.6) is 0 Å². The molecule has 1 fully saturated rings. The lowest BCUT2D eigenvalue weighted by Crippen LogP contribution is -2.35. The van der Waals surface area contributed by atoms with Gasteiger partial charge in [-0.3, -0.25) is 4.79 Å². The average molecular weight is 360 g/mol. The maximum atomic E-state index is 12.3. The SMILES string of the molecule is C=C1CC(OC(=O)/C(C)=C/C)[C@@H]2C(=C)C(=O)O[C@H]2/C=C(/C)C(O)CC1=O. The molecule has 0 spiro atoms. The summed E-state index contributed by atoms with van der Waals surface area (Å²) in [6.45, 7) is 12.5. The van der Waals surface area contributed by atoms with E-state index in [1.807, 2.05) is 0 Å². The second kappa shape index (κ2) is 7.83. The molecule has 1 aliphatic heterocycles. The van der Waals surface area contributed by atoms with Crippen molar-refractivity contribution in [3.8, 4) is 0 Å². The number of ether oxygens (including phenoxy) is 2. The third kappa shape index (κ3) is 4.02. The van der Waals surface area contributed by atoms with Crippen molar-refractivity contribution in [3.63, 3.8) is 0 Å². The van der Waals surface area contributed by atoms with E-state index >= 15 is 0 Å². The molecule has 0 aromatic rings. The Labute approximate surface area is 152 Å². The molecule has 1 saturated heterocycles. The zero-order chi connectivity index (χ0) is 19.6. The van der Waals surface area contributed by atoms with Crippen molar-refractivity contribution in [3.05, 3.63) is 47.6 Å². The van der Waals surface area contributed by atoms with E-state index in [9.17, 15) is 19.5 Å². The van der Waals surface area contributed by atoms with Gasteiger partial charge in [0, 0.05) is 24.0 Å². The largest absolute Gasteiger partial charge is 0.458 e. The van der Waals surface area contributed by atoms with Gasteiger partial charge in [0.1, 0.15) is 12.2 Å². The van der Waals surface area contributed by atoms with Crippen LogP contribution in [0.2, 0.25) is 0 Å². The highest BCUT2D eigenvalue weighted by Gasteiger charge is 2.45. The van der Waals surface area contributed by atoms with Gasteiger partial charge >= 0.3 is 11.9 Å². The van der Waals surface area contributed by atoms with Crippen LogP contribution in [0.15, 0.2) is 47.6 Å². The number of carbonyl (C=O) groups is 3. The van der Waals surface area contributed by atoms with Crippen molar-refractivity contribution in [1.82, 2.24) is 0 Å². The highest BCUT2D eigenvalue weighted by molar-refractivity contribution is 5.96. The Bertz CT molecular complexity index is 727. The minimum atomic E-state index is -0.989. The molecular formula is C20H24O6. The summed E-state index contributed by atoms with van der Waals surface area (Å²) in [5.74, 6) is -2.09. The molecule has 0 aromatic heterocycles. The molecule has 140 valence electrons. The Kier molecular flexibility index (Phi) is 5.97. The first kappa shape index (κ1) is 19.8. The van der Waals surface area contributed by atoms with Crippen LogP contribution in [0.25, 0.3) is 0 Å². The van der Waals surface area contributed by atoms with E-state index < -0.39 is 36.2 Å². The number of esters is 2. The number of fused-ring (bicyclic) bond motifs is 1. The molecular weight excluding hydrogens is 336 g/mol. The smallest absolute Gasteiger partial charge is 0.334 e. The van der Waals surface area contributed by atoms with Crippen molar-refractivity contribution in [1.29, 1.82) is 0 Å². The molecule has 1 aliphatic carbocycles. The molecule has 1 N–H and O–H groups in total. The van der Waals surface area contributed by atoms with Crippen molar-refractivity contribution in [2.45, 2.75) is 51.9 Å². The topological polar surface area (TPSA) is 89.9 Å². The molecule has 4 atom stereocenters. The average Bonchev–Trinajstić information content (AvgIpc) is 2.86. The molecule has 0 amide bonds. The van der Waals surface area contributed by atoms with Crippen molar-refractivity contribution >= 4 is 17.7 Å². The zero-order valence-electron chi connectivity index (χ0n) is 15.3. The fourth-order valence-corrected chi connectivity index (χ4v) is 2.98. The van der Waals surface area contributed by atoms with Crippen molar-refractivity contribution < 1.29 is 29.0 Å². The van der Waals surface area contributed by atoms with Gasteiger partial charge in [0.05, 0.1) is 12.0 Å². The number of carbonyl (C=O) groups excluding carboxylic acids is 3. The molecule has 0 bridgehead atoms. The monoisotopic (exact) mass is 360 g/mol. The lowest BCUT2D eigenvalue weighted by atomic mass is 9.83. The predicted molar refractivity (Wildman–Crippen MR) is 95.0 cm³/mol. The van der Waals surface area contributed by atoms with E-state index in [-0.39, 0.29) is 29.8 Å². The van der Waals surface area contributed by atoms with Crippen LogP contribution in [0.3, 0.4) is 0 Å². The zero-order valence-corrected chi connectivity index (χ0v) is 15.3. The van der Waals surface area contributed by atoms with Gasteiger partial charge in [-0.25, -0.2) is 9.59 Å². The van der Waals surface area contributed by atoms with E-state index in [4.69, 9.17) is 9.47 Å². The normalized spacial score (nSPS) is 32.5. The molecule has 6 heteroatoms. The van der Waals surface area contributed by atoms with E-state index in [0.717, 1.165) is 0 Å². The fraction of sp³-hybridized carbons (Fsp3) is 0.450. The summed E-state index contributed by atoms with van der Waals surface area (Å²) in [5.41, 5.74) is 1.31. The van der Waals surface area contributed by atoms with Crippen molar-refractivity contribution in [2.75, 3.05) is 0 Å². The summed E-state index contributed by atoms with van der Waals surface area (Å²) in [6, 6.07) is 0. The Balaban J connectivity index is 2.46. The second-order valence-electron chi connectivity index (χ2n) is 6.70. The molecule has 2 rings (SSSR count). The molecule has 2 aliphatic rings. The molecule has 2 unspecified atom stereocenters. The van der Waals surface area contributed by atoms with Gasteiger partial charge in [-0.2, -0.15) is 0 Å². The summed E-state index contributed by atoms with van der Waals surface area (Å²) >= 11 is 0. The molecule has 0 aromatic carbocycles. The molecule has 26 heavy (non-hydrogen) atoms. The first-order valence-electron chi connectivity index (χ1n) is 8.46. The maximum absolute atomic E-state index is 12.3. The summed E-state index contributed by atoms with van der Waals surface area (Å²) < 4.78 is 10.9. The van der Waals surface area contributed by atoms with E-state index in [1.54, 1.807) is 32.9 Å². The summed E-state index contributed by atoms with van der Waals surface area (Å²) in [6.07, 6.45) is 0.588. The first-order valence-corrected chi connectivity index (χ1v) is 8.46. The molecule has 0 radical (unpaired) electrons. The van der Waals surface area contributed by atoms with Gasteiger partial charge in [-0.05, 0) is 38.0 Å². The Hall–Kier alpha value is -2.47. The minimum absolute atomic E-state index is 0.0397. The predicted octanol–water partition coefficient (Wildman–Crippen LogP) is 2.19. The van der Waals surface area contributed by atoms with Gasteiger partial charge in [0.15, 0.2) is 5.78 Å². The van der Waals surface area contributed by atoms with E-state index in [0.29, 0.717) is 11.1 Å². The van der Waals surface area contributed by atoms with Crippen LogP contribution in [-0.4, -0.2) is 41.1 Å². The van der Waals surface area contributed by atoms with Crippen LogP contribution >= 0.6 is 0 Å². The maximum Gasteiger partial charge on any atom is 0.334 e. The van der Waals surface area contributed by atoms with E-state index in [1.165, 1.54) is 0 Å². The quantitative estimate of drug-likeness (QED) is 0.461. The number of Topliss-reactive ketones (excluding diaryl/α,β-unsaturated/α-hetero) is 1. The number of ketones is 1. The summed E-state index contributed by atoms with van der Waals surface area (Å²) in [7, 11) is 0. The molecule has 0 saturated carbocycles. The Morgan fingerprint density at radius 2 is 2.00 bits per heavy atom. The second-order valence-corrected chi connectivity index (χ2v) is 6.70. The number of rotatable bonds is 2. The third-order valence-corrected chi connectivity index (χ3v) is 4.85. The Morgan fingerprint density at radius 1 is 1.35 bits per heavy atom. The molecule has 6 nitrogen and oxygen atoms in total. The highest BCUT2D eigenvalue weighted by Crippen LogP contribution is 2.36. The fourth-order valence-electron chi connectivity index (χ4n) is 2.98. The number of hydrogen-bond donors (Lipinski definition) is 1. The minimum Gasteiger partial charge on any atom is -0.458 e. The van der Waals surface area contributed by atoms with Crippen LogP contribution < -0.4 is 0 Å². The van der Waals surface area contributed by atoms with Gasteiger partial charge in [0.25, 0.3) is 0 Å². The Morgan fingerprint density at radius 3 is 2.62 bits per heavy atom. The summed E-state index contributed by atoms with van der Waals surface area (Å²) in [5, 5.41) is 10.2. The van der Waals surface area contributed by atoms with Gasteiger partial charge in [-0.15, -0.1) is 0 Å². The number of aliphatic hydroxyl groups is 1. The lowest BCUT2D eigenvalue weighted by molar-refractivity contribution is -0.147. The van der Waals surface area contributed by atoms with Crippen LogP contribution in [0.1, 0.15) is 33.6 Å². The first-order chi connectivity index (χ1) is 12.1. The lowest BCUT2D eigenvalue weighted by Gasteiger charge is -2.28. The number of aliphatic hydroxyl groups excluding tert-OH is 1. The number of allylic oxidation sites excluding steroid dienone is 1. The summed E-state index contributed by atoms with van der Waals surface area (Å²) in [4.78, 5) is 36.6. The third-order valence-electron chi connectivity index (χ3n) is 4.85. The van der Waals surface area contributed by atoms with Crippen LogP contribution in [0.4, 0.5) is 0 Å². The standard InChI is InChI=1S/C20H24O6/c1-6-10(2)19(23)25-16-7-11(3)14(21)9-15(22)12(4)8-17-18(16)13(5)20(24)26-17/h6,8,15-18,22H,3,5,7,9H2,1-2,4H3/b10-6+,12-8-/t15?,16?,17-,18-/m0/s1. The van der Waals surface area contributed by atoms with Crippen molar-refractivity contribution in [2.24, 2.45) is 5.92 Å². The van der Waals surface area contributed by atoms with Gasteiger partial charge in [0.2, 0.25) is 0 Å². The molecule has 1 heterocycles. The van der Waals surface area contributed by atoms with Gasteiger partial charge < -0.3 is 14.6 Å². The number of hydrogen-bond acceptors (Lipinski definition) is 6. The highest BCUT2D eigenvalue weighted by atomic mass is 16.6. The van der Waals surface area contributed by atoms with E-state index in [2.05, 4.69) is 13.2 Å². The van der Waals surface area contributed by atoms with Crippen LogP contribution in [0, 0.1) is 5.92 Å². The van der Waals surface area contributed by atoms with Crippen LogP contribution in [-0.2, 0) is 23.9 Å². The van der Waals surface area contributed by atoms with Gasteiger partial charge in [-0.1, -0.05) is 19.2 Å².